The normalized spacial score (nSPS) is 18.4. The topological polar surface area (TPSA) is 105 Å². The van der Waals surface area contributed by atoms with Gasteiger partial charge in [0, 0.05) is 5.56 Å². The van der Waals surface area contributed by atoms with Crippen LogP contribution in [-0.2, 0) is 11.3 Å². The zero-order chi connectivity index (χ0) is 20.7. The van der Waals surface area contributed by atoms with Crippen molar-refractivity contribution < 1.29 is 9.13 Å². The maximum atomic E-state index is 14.0. The van der Waals surface area contributed by atoms with E-state index in [-0.39, 0.29) is 17.8 Å². The number of nitrogens with two attached hydrogens (primary N) is 2. The monoisotopic (exact) mass is 404 g/mol. The molecule has 2 aromatic heterocycles. The van der Waals surface area contributed by atoms with Crippen LogP contribution in [0.1, 0.15) is 24.4 Å². The smallest absolute Gasteiger partial charge is 0.164 e. The zero-order valence-corrected chi connectivity index (χ0v) is 16.2. The van der Waals surface area contributed by atoms with Crippen LogP contribution in [0.25, 0.3) is 22.3 Å². The lowest BCUT2D eigenvalue weighted by Crippen LogP contribution is -2.34. The van der Waals surface area contributed by atoms with Crippen molar-refractivity contribution in [3.8, 4) is 11.3 Å². The van der Waals surface area contributed by atoms with E-state index in [2.05, 4.69) is 22.1 Å². The molecule has 0 bridgehead atoms. The van der Waals surface area contributed by atoms with E-state index in [1.165, 1.54) is 18.5 Å². The average Bonchev–Trinajstić information content (AvgIpc) is 3.10. The van der Waals surface area contributed by atoms with E-state index in [0.29, 0.717) is 34.7 Å². The second-order valence-corrected chi connectivity index (χ2v) is 7.53. The van der Waals surface area contributed by atoms with E-state index in [4.69, 9.17) is 21.3 Å². The Morgan fingerprint density at radius 1 is 1.07 bits per heavy atom. The van der Waals surface area contributed by atoms with Gasteiger partial charge in [0.2, 0.25) is 0 Å². The molecule has 4 N–H and O–H groups in total. The molecule has 1 saturated carbocycles. The minimum atomic E-state index is -0.497. The first-order chi connectivity index (χ1) is 14.6. The van der Waals surface area contributed by atoms with Gasteiger partial charge in [-0.25, -0.2) is 19.0 Å². The van der Waals surface area contributed by atoms with Crippen LogP contribution < -0.4 is 11.5 Å². The first-order valence-corrected chi connectivity index (χ1v) is 9.79. The molecule has 0 unspecified atom stereocenters. The molecule has 0 amide bonds. The number of fused-ring (bicyclic) bond motifs is 1. The Balaban J connectivity index is 1.40. The Bertz CT molecular complexity index is 1200. The number of nitrogen functional groups attached to an aromatic ring is 2. The zero-order valence-electron chi connectivity index (χ0n) is 16.2. The van der Waals surface area contributed by atoms with E-state index in [1.54, 1.807) is 6.07 Å². The number of ether oxygens (including phenoxy) is 1. The lowest BCUT2D eigenvalue weighted by atomic mass is 9.89. The third-order valence-corrected chi connectivity index (χ3v) is 5.54. The van der Waals surface area contributed by atoms with Crippen molar-refractivity contribution in [1.29, 1.82) is 0 Å². The molecule has 2 heterocycles. The maximum Gasteiger partial charge on any atom is 0.164 e. The number of rotatable bonds is 5. The SMILES string of the molecule is Nc1ccc(-c2nn(C3CC(OCc4ccccc4)C3)c3ncnc(N)c23)cc1F. The minimum Gasteiger partial charge on any atom is -0.396 e. The summed E-state index contributed by atoms with van der Waals surface area (Å²) in [6.45, 7) is 0.586. The molecule has 8 heteroatoms. The number of anilines is 2. The molecule has 1 fully saturated rings. The Hall–Kier alpha value is -3.52. The first kappa shape index (κ1) is 18.5. The summed E-state index contributed by atoms with van der Waals surface area (Å²) in [6, 6.07) is 14.8. The van der Waals surface area contributed by atoms with Crippen LogP contribution in [0.3, 0.4) is 0 Å². The Kier molecular flexibility index (Phi) is 4.55. The van der Waals surface area contributed by atoms with E-state index in [1.807, 2.05) is 22.9 Å². The van der Waals surface area contributed by atoms with Crippen molar-refractivity contribution in [2.24, 2.45) is 0 Å². The lowest BCUT2D eigenvalue weighted by molar-refractivity contribution is -0.0374. The quantitative estimate of drug-likeness (QED) is 0.491. The van der Waals surface area contributed by atoms with E-state index >= 15 is 0 Å². The number of hydrogen-bond donors (Lipinski definition) is 2. The van der Waals surface area contributed by atoms with Crippen LogP contribution in [0.15, 0.2) is 54.9 Å². The molecule has 0 spiro atoms. The largest absolute Gasteiger partial charge is 0.396 e. The Morgan fingerprint density at radius 2 is 1.87 bits per heavy atom. The van der Waals surface area contributed by atoms with Crippen molar-refractivity contribution in [3.05, 3.63) is 66.2 Å². The maximum absolute atomic E-state index is 14.0. The standard InChI is InChI=1S/C22H21FN6O/c23-17-8-14(6-7-18(17)24)20-19-21(25)26-12-27-22(19)29(28-20)15-9-16(10-15)30-11-13-4-2-1-3-5-13/h1-8,12,15-16H,9-11,24H2,(H2,25,26,27). The van der Waals surface area contributed by atoms with Gasteiger partial charge in [0.15, 0.2) is 5.65 Å². The molecule has 5 rings (SSSR count). The number of halogens is 1. The third kappa shape index (κ3) is 3.25. The molecule has 2 aromatic carbocycles. The van der Waals surface area contributed by atoms with Gasteiger partial charge >= 0.3 is 0 Å². The molecule has 0 saturated heterocycles. The molecule has 1 aliphatic carbocycles. The van der Waals surface area contributed by atoms with Gasteiger partial charge in [0.1, 0.15) is 23.7 Å². The molecule has 0 radical (unpaired) electrons. The highest BCUT2D eigenvalue weighted by Crippen LogP contribution is 2.39. The number of hydrogen-bond acceptors (Lipinski definition) is 6. The fourth-order valence-electron chi connectivity index (χ4n) is 3.79. The van der Waals surface area contributed by atoms with Crippen LogP contribution in [0.5, 0.6) is 0 Å². The van der Waals surface area contributed by atoms with Gasteiger partial charge in [0.25, 0.3) is 0 Å². The second kappa shape index (κ2) is 7.38. The van der Waals surface area contributed by atoms with E-state index in [0.717, 1.165) is 18.4 Å². The molecule has 0 atom stereocenters. The lowest BCUT2D eigenvalue weighted by Gasteiger charge is -2.35. The number of benzene rings is 2. The van der Waals surface area contributed by atoms with Crippen molar-refractivity contribution in [1.82, 2.24) is 19.7 Å². The van der Waals surface area contributed by atoms with E-state index < -0.39 is 5.82 Å². The fourth-order valence-corrected chi connectivity index (χ4v) is 3.79. The fraction of sp³-hybridized carbons (Fsp3) is 0.227. The molecular formula is C22H21FN6O. The van der Waals surface area contributed by atoms with Gasteiger partial charge in [-0.3, -0.25) is 0 Å². The van der Waals surface area contributed by atoms with Gasteiger partial charge < -0.3 is 16.2 Å². The van der Waals surface area contributed by atoms with Crippen LogP contribution in [0.4, 0.5) is 15.9 Å². The van der Waals surface area contributed by atoms with Crippen molar-refractivity contribution in [3.63, 3.8) is 0 Å². The van der Waals surface area contributed by atoms with Crippen LogP contribution in [0.2, 0.25) is 0 Å². The van der Waals surface area contributed by atoms with Crippen molar-refractivity contribution in [2.45, 2.75) is 31.6 Å². The molecular weight excluding hydrogens is 383 g/mol. The van der Waals surface area contributed by atoms with Crippen molar-refractivity contribution in [2.75, 3.05) is 11.5 Å². The van der Waals surface area contributed by atoms with Crippen molar-refractivity contribution >= 4 is 22.5 Å². The van der Waals surface area contributed by atoms with Crippen LogP contribution in [0, 0.1) is 5.82 Å². The average molecular weight is 404 g/mol. The van der Waals surface area contributed by atoms with Gasteiger partial charge in [-0.15, -0.1) is 0 Å². The van der Waals surface area contributed by atoms with Crippen LogP contribution >= 0.6 is 0 Å². The molecule has 1 aliphatic rings. The second-order valence-electron chi connectivity index (χ2n) is 7.53. The van der Waals surface area contributed by atoms with E-state index in [9.17, 15) is 4.39 Å². The summed E-state index contributed by atoms with van der Waals surface area (Å²) < 4.78 is 21.9. The number of aromatic nitrogens is 4. The molecule has 0 aliphatic heterocycles. The first-order valence-electron chi connectivity index (χ1n) is 9.79. The predicted molar refractivity (Wildman–Crippen MR) is 113 cm³/mol. The highest BCUT2D eigenvalue weighted by Gasteiger charge is 2.34. The summed E-state index contributed by atoms with van der Waals surface area (Å²) in [4.78, 5) is 8.50. The predicted octanol–water partition coefficient (Wildman–Crippen LogP) is 3.72. The van der Waals surface area contributed by atoms with Gasteiger partial charge in [-0.1, -0.05) is 36.4 Å². The summed E-state index contributed by atoms with van der Waals surface area (Å²) in [5.41, 5.74) is 14.8. The highest BCUT2D eigenvalue weighted by molar-refractivity contribution is 5.98. The van der Waals surface area contributed by atoms with Gasteiger partial charge in [-0.2, -0.15) is 5.10 Å². The third-order valence-electron chi connectivity index (χ3n) is 5.54. The summed E-state index contributed by atoms with van der Waals surface area (Å²) in [5, 5.41) is 5.36. The summed E-state index contributed by atoms with van der Waals surface area (Å²) in [7, 11) is 0. The van der Waals surface area contributed by atoms with Gasteiger partial charge in [-0.05, 0) is 30.5 Å². The summed E-state index contributed by atoms with van der Waals surface area (Å²) in [6.07, 6.45) is 3.23. The number of nitrogens with zero attached hydrogens (tertiary/aromatic N) is 4. The molecule has 152 valence electrons. The minimum absolute atomic E-state index is 0.0871. The molecule has 7 nitrogen and oxygen atoms in total. The highest BCUT2D eigenvalue weighted by atomic mass is 19.1. The Morgan fingerprint density at radius 3 is 2.63 bits per heavy atom. The molecule has 30 heavy (non-hydrogen) atoms. The summed E-state index contributed by atoms with van der Waals surface area (Å²) in [5.74, 6) is -0.182. The molecule has 4 aromatic rings. The van der Waals surface area contributed by atoms with Gasteiger partial charge in [0.05, 0.1) is 29.8 Å². The van der Waals surface area contributed by atoms with Crippen LogP contribution in [-0.4, -0.2) is 25.9 Å². The Labute approximate surface area is 172 Å². The summed E-state index contributed by atoms with van der Waals surface area (Å²) >= 11 is 0.